The number of carboxylic acid groups (broad SMARTS) is 1. The lowest BCUT2D eigenvalue weighted by Crippen LogP contribution is -2.01. The normalized spacial score (nSPS) is 10.7. The van der Waals surface area contributed by atoms with E-state index in [2.05, 4.69) is 4.98 Å². The molecule has 1 aromatic heterocycles. The van der Waals surface area contributed by atoms with E-state index in [0.717, 1.165) is 0 Å². The Bertz CT molecular complexity index is 638. The molecule has 0 atom stereocenters. The highest BCUT2D eigenvalue weighted by Gasteiger charge is 2.23. The molecule has 1 N–H and O–H groups in total. The molecular formula is C15H17NO5. The monoisotopic (exact) mass is 291 g/mol. The highest BCUT2D eigenvalue weighted by Crippen LogP contribution is 2.32. The van der Waals surface area contributed by atoms with Crippen LogP contribution in [0.2, 0.25) is 0 Å². The topological polar surface area (TPSA) is 81.8 Å². The zero-order valence-corrected chi connectivity index (χ0v) is 12.3. The number of methoxy groups -OCH3 is 2. The molecule has 0 fully saturated rings. The first kappa shape index (κ1) is 14.9. The van der Waals surface area contributed by atoms with Crippen LogP contribution in [0.3, 0.4) is 0 Å². The fraction of sp³-hybridized carbons (Fsp3) is 0.333. The third-order valence-electron chi connectivity index (χ3n) is 2.99. The molecule has 0 aliphatic carbocycles. The summed E-state index contributed by atoms with van der Waals surface area (Å²) in [6, 6.07) is 5.14. The van der Waals surface area contributed by atoms with Crippen LogP contribution in [0.15, 0.2) is 22.6 Å². The van der Waals surface area contributed by atoms with Crippen molar-refractivity contribution in [1.82, 2.24) is 4.98 Å². The fourth-order valence-electron chi connectivity index (χ4n) is 1.93. The lowest BCUT2D eigenvalue weighted by molar-refractivity contribution is 0.0661. The number of oxazole rings is 1. The molecule has 112 valence electrons. The Labute approximate surface area is 122 Å². The first-order valence-corrected chi connectivity index (χ1v) is 6.43. The number of hydrogen-bond donors (Lipinski definition) is 1. The first-order valence-electron chi connectivity index (χ1n) is 6.43. The van der Waals surface area contributed by atoms with Gasteiger partial charge in [-0.15, -0.1) is 0 Å². The lowest BCUT2D eigenvalue weighted by Gasteiger charge is -2.06. The summed E-state index contributed by atoms with van der Waals surface area (Å²) in [5, 5.41) is 9.19. The Balaban J connectivity index is 2.56. The largest absolute Gasteiger partial charge is 0.497 e. The summed E-state index contributed by atoms with van der Waals surface area (Å²) in [7, 11) is 3.08. The maximum atomic E-state index is 11.2. The molecule has 1 aromatic carbocycles. The zero-order valence-electron chi connectivity index (χ0n) is 12.3. The number of aromatic nitrogens is 1. The molecule has 0 bridgehead atoms. The van der Waals surface area contributed by atoms with Gasteiger partial charge in [-0.1, -0.05) is 13.8 Å². The van der Waals surface area contributed by atoms with Gasteiger partial charge in [0.25, 0.3) is 0 Å². The third-order valence-corrected chi connectivity index (χ3v) is 2.99. The summed E-state index contributed by atoms with van der Waals surface area (Å²) in [6.45, 7) is 3.72. The number of nitrogens with zero attached hydrogens (tertiary/aromatic N) is 1. The number of ether oxygens (including phenoxy) is 2. The van der Waals surface area contributed by atoms with Crippen LogP contribution in [-0.4, -0.2) is 30.3 Å². The summed E-state index contributed by atoms with van der Waals surface area (Å²) < 4.78 is 15.8. The predicted molar refractivity (Wildman–Crippen MR) is 76.1 cm³/mol. The average molecular weight is 291 g/mol. The number of carboxylic acids is 1. The minimum absolute atomic E-state index is 0.0545. The molecule has 6 nitrogen and oxygen atoms in total. The second-order valence-corrected chi connectivity index (χ2v) is 4.79. The lowest BCUT2D eigenvalue weighted by atomic mass is 10.1. The minimum atomic E-state index is -1.13. The van der Waals surface area contributed by atoms with E-state index >= 15 is 0 Å². The fourth-order valence-corrected chi connectivity index (χ4v) is 1.93. The molecule has 0 saturated heterocycles. The van der Waals surface area contributed by atoms with Gasteiger partial charge >= 0.3 is 5.97 Å². The minimum Gasteiger partial charge on any atom is -0.497 e. The Morgan fingerprint density at radius 2 is 1.76 bits per heavy atom. The van der Waals surface area contributed by atoms with E-state index in [0.29, 0.717) is 22.8 Å². The van der Waals surface area contributed by atoms with Gasteiger partial charge in [0.05, 0.1) is 19.9 Å². The van der Waals surface area contributed by atoms with Crippen LogP contribution in [0.5, 0.6) is 11.5 Å². The van der Waals surface area contributed by atoms with Crippen molar-refractivity contribution in [2.24, 2.45) is 0 Å². The van der Waals surface area contributed by atoms with Crippen LogP contribution in [-0.2, 0) is 0 Å². The highest BCUT2D eigenvalue weighted by molar-refractivity contribution is 5.86. The van der Waals surface area contributed by atoms with Gasteiger partial charge in [-0.3, -0.25) is 0 Å². The summed E-state index contributed by atoms with van der Waals surface area (Å²) >= 11 is 0. The number of hydrogen-bond acceptors (Lipinski definition) is 5. The number of aromatic carboxylic acids is 1. The average Bonchev–Trinajstić information content (AvgIpc) is 2.92. The van der Waals surface area contributed by atoms with Crippen molar-refractivity contribution in [2.75, 3.05) is 14.2 Å². The molecule has 21 heavy (non-hydrogen) atoms. The second-order valence-electron chi connectivity index (χ2n) is 4.79. The van der Waals surface area contributed by atoms with Gasteiger partial charge < -0.3 is 19.0 Å². The molecule has 0 radical (unpaired) electrons. The van der Waals surface area contributed by atoms with Crippen LogP contribution < -0.4 is 9.47 Å². The van der Waals surface area contributed by atoms with E-state index in [9.17, 15) is 9.90 Å². The highest BCUT2D eigenvalue weighted by atomic mass is 16.5. The Hall–Kier alpha value is -2.50. The van der Waals surface area contributed by atoms with Crippen molar-refractivity contribution >= 4 is 5.97 Å². The van der Waals surface area contributed by atoms with Gasteiger partial charge in [0.15, 0.2) is 0 Å². The molecule has 0 amide bonds. The number of carbonyl (C=O) groups is 1. The van der Waals surface area contributed by atoms with Gasteiger partial charge in [-0.2, -0.15) is 0 Å². The van der Waals surface area contributed by atoms with E-state index in [-0.39, 0.29) is 17.6 Å². The van der Waals surface area contributed by atoms with E-state index < -0.39 is 5.97 Å². The molecule has 0 aliphatic rings. The van der Waals surface area contributed by atoms with E-state index in [1.807, 2.05) is 13.8 Å². The predicted octanol–water partition coefficient (Wildman–Crippen LogP) is 3.18. The summed E-state index contributed by atoms with van der Waals surface area (Å²) in [4.78, 5) is 15.5. The van der Waals surface area contributed by atoms with Gasteiger partial charge in [0, 0.05) is 11.6 Å². The van der Waals surface area contributed by atoms with Crippen molar-refractivity contribution in [1.29, 1.82) is 0 Å². The Kier molecular flexibility index (Phi) is 4.16. The number of benzene rings is 1. The van der Waals surface area contributed by atoms with Gasteiger partial charge in [0.2, 0.25) is 11.7 Å². The quantitative estimate of drug-likeness (QED) is 0.911. The molecule has 2 rings (SSSR count). The van der Waals surface area contributed by atoms with Crippen LogP contribution >= 0.6 is 0 Å². The maximum Gasteiger partial charge on any atom is 0.373 e. The first-order chi connectivity index (χ1) is 9.96. The van der Waals surface area contributed by atoms with Crippen molar-refractivity contribution < 1.29 is 23.8 Å². The molecule has 0 saturated carbocycles. The van der Waals surface area contributed by atoms with Crippen molar-refractivity contribution in [3.05, 3.63) is 29.7 Å². The molecular weight excluding hydrogens is 274 g/mol. The maximum absolute atomic E-state index is 11.2. The van der Waals surface area contributed by atoms with Crippen LogP contribution in [0.25, 0.3) is 11.5 Å². The van der Waals surface area contributed by atoms with Crippen LogP contribution in [0.1, 0.15) is 36.0 Å². The zero-order chi connectivity index (χ0) is 15.6. The smallest absolute Gasteiger partial charge is 0.373 e. The van der Waals surface area contributed by atoms with Crippen molar-refractivity contribution in [3.63, 3.8) is 0 Å². The second kappa shape index (κ2) is 5.87. The molecule has 2 aromatic rings. The molecule has 0 unspecified atom stereocenters. The van der Waals surface area contributed by atoms with Gasteiger partial charge in [-0.25, -0.2) is 9.78 Å². The van der Waals surface area contributed by atoms with Crippen molar-refractivity contribution in [3.8, 4) is 23.0 Å². The van der Waals surface area contributed by atoms with Crippen LogP contribution in [0.4, 0.5) is 0 Å². The third kappa shape index (κ3) is 2.99. The molecule has 1 heterocycles. The van der Waals surface area contributed by atoms with Gasteiger partial charge in [-0.05, 0) is 18.1 Å². The Morgan fingerprint density at radius 1 is 1.19 bits per heavy atom. The van der Waals surface area contributed by atoms with E-state index in [1.165, 1.54) is 14.2 Å². The molecule has 0 aliphatic heterocycles. The summed E-state index contributed by atoms with van der Waals surface area (Å²) in [5.74, 6) is 0.0551. The van der Waals surface area contributed by atoms with E-state index in [1.54, 1.807) is 18.2 Å². The van der Waals surface area contributed by atoms with Gasteiger partial charge in [0.1, 0.15) is 11.5 Å². The van der Waals surface area contributed by atoms with E-state index in [4.69, 9.17) is 13.9 Å². The van der Waals surface area contributed by atoms with Crippen LogP contribution in [0, 0.1) is 0 Å². The Morgan fingerprint density at radius 3 is 2.14 bits per heavy atom. The number of rotatable bonds is 5. The molecule has 0 spiro atoms. The van der Waals surface area contributed by atoms with Crippen molar-refractivity contribution in [2.45, 2.75) is 19.8 Å². The summed E-state index contributed by atoms with van der Waals surface area (Å²) in [6.07, 6.45) is 0. The summed E-state index contributed by atoms with van der Waals surface area (Å²) in [5.41, 5.74) is 1.01. The SMILES string of the molecule is COc1cc(OC)cc(-c2nc(C(C)C)c(C(=O)O)o2)c1. The standard InChI is InChI=1S/C15H17NO5/c1-8(2)12-13(15(17)18)21-14(16-12)9-5-10(19-3)7-11(6-9)20-4/h5-8H,1-4H3,(H,17,18). The molecule has 6 heteroatoms.